The molecule has 128 valence electrons. The Morgan fingerprint density at radius 1 is 1.08 bits per heavy atom. The molecule has 3 aromatic rings. The third-order valence-electron chi connectivity index (χ3n) is 4.87. The predicted octanol–water partition coefficient (Wildman–Crippen LogP) is 5.73. The summed E-state index contributed by atoms with van der Waals surface area (Å²) in [5, 5.41) is 5.61. The summed E-state index contributed by atoms with van der Waals surface area (Å²) in [5.74, 6) is 0.986. The highest BCUT2D eigenvalue weighted by atomic mass is 35.5. The molecule has 0 aliphatic heterocycles. The van der Waals surface area contributed by atoms with Crippen LogP contribution in [0.4, 0.5) is 0 Å². The monoisotopic (exact) mass is 353 g/mol. The highest BCUT2D eigenvalue weighted by Crippen LogP contribution is 2.35. The van der Waals surface area contributed by atoms with Crippen molar-refractivity contribution in [2.45, 2.75) is 38.6 Å². The van der Waals surface area contributed by atoms with Gasteiger partial charge in [-0.1, -0.05) is 42.1 Å². The summed E-state index contributed by atoms with van der Waals surface area (Å²) in [5.41, 5.74) is 2.05. The van der Waals surface area contributed by atoms with Crippen molar-refractivity contribution in [2.75, 3.05) is 0 Å². The summed E-state index contributed by atoms with van der Waals surface area (Å²) in [6.45, 7) is 2.04. The van der Waals surface area contributed by atoms with Gasteiger partial charge in [-0.05, 0) is 50.1 Å². The Labute approximate surface area is 152 Å². The largest absolute Gasteiger partial charge is 0.450 e. The van der Waals surface area contributed by atoms with Gasteiger partial charge in [-0.25, -0.2) is 0 Å². The number of benzene rings is 2. The predicted molar refractivity (Wildman–Crippen MR) is 101 cm³/mol. The molecule has 4 rings (SSSR count). The number of nitrogens with one attached hydrogen (secondary N) is 1. The van der Waals surface area contributed by atoms with Crippen molar-refractivity contribution in [3.63, 3.8) is 0 Å². The first-order valence-electron chi connectivity index (χ1n) is 8.72. The quantitative estimate of drug-likeness (QED) is 0.653. The summed E-state index contributed by atoms with van der Waals surface area (Å²) in [7, 11) is 0. The Balaban J connectivity index is 1.79. The molecule has 0 saturated heterocycles. The lowest BCUT2D eigenvalue weighted by atomic mass is 10.0. The van der Waals surface area contributed by atoms with Gasteiger partial charge in [-0.3, -0.25) is 4.79 Å². The van der Waals surface area contributed by atoms with Gasteiger partial charge in [0.1, 0.15) is 5.76 Å². The minimum atomic E-state index is -0.124. The van der Waals surface area contributed by atoms with E-state index in [1.54, 1.807) is 0 Å². The Kier molecular flexibility index (Phi) is 4.26. The van der Waals surface area contributed by atoms with E-state index in [2.05, 4.69) is 11.4 Å². The van der Waals surface area contributed by atoms with E-state index in [1.165, 1.54) is 12.8 Å². The van der Waals surface area contributed by atoms with Gasteiger partial charge < -0.3 is 9.73 Å². The number of carbonyl (C=O) groups is 1. The maximum atomic E-state index is 12.8. The highest BCUT2D eigenvalue weighted by Gasteiger charge is 2.24. The SMILES string of the molecule is Cc1ccc2c(C(=O)NC3CCCC3)oc(-c3ccc(Cl)cc3)c2c1. The van der Waals surface area contributed by atoms with Crippen molar-refractivity contribution >= 4 is 28.3 Å². The highest BCUT2D eigenvalue weighted by molar-refractivity contribution is 6.30. The summed E-state index contributed by atoms with van der Waals surface area (Å²) in [6, 6.07) is 13.8. The number of carbonyl (C=O) groups excluding carboxylic acids is 1. The lowest BCUT2D eigenvalue weighted by molar-refractivity contribution is 0.0913. The molecular weight excluding hydrogens is 334 g/mol. The van der Waals surface area contributed by atoms with Crippen LogP contribution in [0.25, 0.3) is 22.1 Å². The molecule has 1 fully saturated rings. The molecule has 0 unspecified atom stereocenters. The standard InChI is InChI=1S/C21H20ClNO2/c1-13-6-11-17-18(12-13)19(14-7-9-15(22)10-8-14)25-20(17)21(24)23-16-4-2-3-5-16/h6-12,16H,2-5H2,1H3,(H,23,24). The van der Waals surface area contributed by atoms with E-state index in [9.17, 15) is 4.79 Å². The number of hydrogen-bond donors (Lipinski definition) is 1. The van der Waals surface area contributed by atoms with Gasteiger partial charge in [-0.15, -0.1) is 0 Å². The van der Waals surface area contributed by atoms with E-state index in [4.69, 9.17) is 16.0 Å². The van der Waals surface area contributed by atoms with Crippen LogP contribution >= 0.6 is 11.6 Å². The van der Waals surface area contributed by atoms with Crippen LogP contribution in [0.5, 0.6) is 0 Å². The molecule has 1 saturated carbocycles. The molecule has 4 heteroatoms. The lowest BCUT2D eigenvalue weighted by Gasteiger charge is -2.10. The normalized spacial score (nSPS) is 15.0. The van der Waals surface area contributed by atoms with Crippen molar-refractivity contribution in [1.29, 1.82) is 0 Å². The van der Waals surface area contributed by atoms with E-state index in [1.807, 2.05) is 43.3 Å². The van der Waals surface area contributed by atoms with E-state index < -0.39 is 0 Å². The molecule has 25 heavy (non-hydrogen) atoms. The maximum absolute atomic E-state index is 12.8. The summed E-state index contributed by atoms with van der Waals surface area (Å²) in [4.78, 5) is 12.8. The van der Waals surface area contributed by atoms with E-state index in [0.717, 1.165) is 34.7 Å². The van der Waals surface area contributed by atoms with Crippen LogP contribution in [0.2, 0.25) is 5.02 Å². The molecule has 2 aromatic carbocycles. The van der Waals surface area contributed by atoms with Crippen LogP contribution in [0.15, 0.2) is 46.9 Å². The Hall–Kier alpha value is -2.26. The molecule has 0 spiro atoms. The zero-order valence-electron chi connectivity index (χ0n) is 14.1. The van der Waals surface area contributed by atoms with Crippen LogP contribution in [-0.4, -0.2) is 11.9 Å². The number of halogens is 1. The van der Waals surface area contributed by atoms with E-state index >= 15 is 0 Å². The number of amides is 1. The zero-order valence-corrected chi connectivity index (χ0v) is 14.9. The number of hydrogen-bond acceptors (Lipinski definition) is 2. The second-order valence-electron chi connectivity index (χ2n) is 6.77. The number of fused-ring (bicyclic) bond motifs is 1. The van der Waals surface area contributed by atoms with Crippen LogP contribution in [-0.2, 0) is 0 Å². The number of rotatable bonds is 3. The Morgan fingerprint density at radius 2 is 1.80 bits per heavy atom. The minimum absolute atomic E-state index is 0.124. The fourth-order valence-corrected chi connectivity index (χ4v) is 3.69. The van der Waals surface area contributed by atoms with Crippen molar-refractivity contribution in [1.82, 2.24) is 5.32 Å². The third-order valence-corrected chi connectivity index (χ3v) is 5.12. The van der Waals surface area contributed by atoms with Gasteiger partial charge in [0.25, 0.3) is 5.91 Å². The molecule has 0 bridgehead atoms. The first-order chi connectivity index (χ1) is 12.1. The summed E-state index contributed by atoms with van der Waals surface area (Å²) in [6.07, 6.45) is 4.46. The minimum Gasteiger partial charge on any atom is -0.450 e. The molecule has 1 aliphatic carbocycles. The first-order valence-corrected chi connectivity index (χ1v) is 9.09. The average Bonchev–Trinajstić information content (AvgIpc) is 3.23. The molecule has 1 heterocycles. The van der Waals surface area contributed by atoms with Crippen molar-refractivity contribution in [2.24, 2.45) is 0 Å². The van der Waals surface area contributed by atoms with Crippen LogP contribution in [0.3, 0.4) is 0 Å². The van der Waals surface area contributed by atoms with E-state index in [-0.39, 0.29) is 11.9 Å². The van der Waals surface area contributed by atoms with Crippen LogP contribution in [0.1, 0.15) is 41.8 Å². The molecule has 0 atom stereocenters. The van der Waals surface area contributed by atoms with Gasteiger partial charge in [0, 0.05) is 27.4 Å². The van der Waals surface area contributed by atoms with Crippen molar-refractivity contribution in [3.05, 3.63) is 58.8 Å². The van der Waals surface area contributed by atoms with Gasteiger partial charge in [0.15, 0.2) is 5.76 Å². The van der Waals surface area contributed by atoms with Gasteiger partial charge in [-0.2, -0.15) is 0 Å². The Morgan fingerprint density at radius 3 is 2.52 bits per heavy atom. The second-order valence-corrected chi connectivity index (χ2v) is 7.21. The average molecular weight is 354 g/mol. The first kappa shape index (κ1) is 16.2. The van der Waals surface area contributed by atoms with Crippen LogP contribution < -0.4 is 5.32 Å². The molecule has 0 radical (unpaired) electrons. The zero-order chi connectivity index (χ0) is 17.4. The maximum Gasteiger partial charge on any atom is 0.287 e. The second kappa shape index (κ2) is 6.57. The van der Waals surface area contributed by atoms with Crippen molar-refractivity contribution < 1.29 is 9.21 Å². The third kappa shape index (κ3) is 3.16. The molecule has 3 nitrogen and oxygen atoms in total. The van der Waals surface area contributed by atoms with Gasteiger partial charge in [0.2, 0.25) is 0 Å². The lowest BCUT2D eigenvalue weighted by Crippen LogP contribution is -2.32. The number of furan rings is 1. The fraction of sp³-hybridized carbons (Fsp3) is 0.286. The van der Waals surface area contributed by atoms with E-state index in [0.29, 0.717) is 16.5 Å². The number of aryl methyl sites for hydroxylation is 1. The van der Waals surface area contributed by atoms with Gasteiger partial charge >= 0.3 is 0 Å². The molecule has 1 aromatic heterocycles. The molecule has 1 amide bonds. The van der Waals surface area contributed by atoms with Crippen molar-refractivity contribution in [3.8, 4) is 11.3 Å². The molecule has 1 aliphatic rings. The fourth-order valence-electron chi connectivity index (χ4n) is 3.56. The summed E-state index contributed by atoms with van der Waals surface area (Å²) < 4.78 is 6.06. The molecule has 1 N–H and O–H groups in total. The van der Waals surface area contributed by atoms with Crippen LogP contribution in [0, 0.1) is 6.92 Å². The summed E-state index contributed by atoms with van der Waals surface area (Å²) >= 11 is 6.00. The Bertz CT molecular complexity index is 921. The topological polar surface area (TPSA) is 42.2 Å². The molecular formula is C21H20ClNO2. The van der Waals surface area contributed by atoms with Gasteiger partial charge in [0.05, 0.1) is 0 Å². The smallest absolute Gasteiger partial charge is 0.287 e.